The van der Waals surface area contributed by atoms with Gasteiger partial charge >= 0.3 is 0 Å². The average Bonchev–Trinajstić information content (AvgIpc) is 2.42. The van der Waals surface area contributed by atoms with E-state index in [0.29, 0.717) is 13.0 Å². The lowest BCUT2D eigenvalue weighted by atomic mass is 10.1. The predicted octanol–water partition coefficient (Wildman–Crippen LogP) is 3.56. The molecule has 2 rings (SSSR count). The van der Waals surface area contributed by atoms with Crippen LogP contribution in [-0.2, 0) is 11.2 Å². The molecule has 0 radical (unpaired) electrons. The Bertz CT molecular complexity index is 581. The molecular formula is C16H17NO2S. The number of anilines is 1. The Kier molecular flexibility index (Phi) is 5.07. The summed E-state index contributed by atoms with van der Waals surface area (Å²) in [7, 11) is 0. The second-order valence-corrected chi connectivity index (χ2v) is 4.87. The van der Waals surface area contributed by atoms with Gasteiger partial charge in [0.2, 0.25) is 5.91 Å². The van der Waals surface area contributed by atoms with Gasteiger partial charge in [0.05, 0.1) is 13.0 Å². The first-order valence-electron chi connectivity index (χ1n) is 6.48. The molecule has 0 saturated carbocycles. The number of rotatable bonds is 5. The highest BCUT2D eigenvalue weighted by molar-refractivity contribution is 7.80. The SMILES string of the molecule is CCOc1cccc(NC(=O)Cc2ccc(S)cc2)c1. The van der Waals surface area contributed by atoms with Crippen LogP contribution in [0.1, 0.15) is 12.5 Å². The number of benzene rings is 2. The molecule has 1 amide bonds. The fraction of sp³-hybridized carbons (Fsp3) is 0.188. The molecule has 0 aliphatic rings. The smallest absolute Gasteiger partial charge is 0.228 e. The first-order valence-corrected chi connectivity index (χ1v) is 6.92. The number of amides is 1. The first kappa shape index (κ1) is 14.5. The zero-order valence-electron chi connectivity index (χ0n) is 11.3. The van der Waals surface area contributed by atoms with Gasteiger partial charge in [-0.25, -0.2) is 0 Å². The van der Waals surface area contributed by atoms with Crippen molar-refractivity contribution < 1.29 is 9.53 Å². The predicted molar refractivity (Wildman–Crippen MR) is 83.6 cm³/mol. The Morgan fingerprint density at radius 2 is 1.95 bits per heavy atom. The van der Waals surface area contributed by atoms with Gasteiger partial charge in [0.1, 0.15) is 5.75 Å². The maximum absolute atomic E-state index is 12.0. The zero-order valence-corrected chi connectivity index (χ0v) is 12.2. The molecule has 0 atom stereocenters. The fourth-order valence-corrected chi connectivity index (χ4v) is 1.98. The maximum Gasteiger partial charge on any atom is 0.228 e. The molecule has 3 nitrogen and oxygen atoms in total. The number of hydrogen-bond acceptors (Lipinski definition) is 3. The zero-order chi connectivity index (χ0) is 14.4. The summed E-state index contributed by atoms with van der Waals surface area (Å²) < 4.78 is 5.40. The average molecular weight is 287 g/mol. The Labute approximate surface area is 124 Å². The van der Waals surface area contributed by atoms with Gasteiger partial charge in [-0.15, -0.1) is 12.6 Å². The van der Waals surface area contributed by atoms with Gasteiger partial charge < -0.3 is 10.1 Å². The number of ether oxygens (including phenoxy) is 1. The number of nitrogens with one attached hydrogen (secondary N) is 1. The summed E-state index contributed by atoms with van der Waals surface area (Å²) in [6.45, 7) is 2.53. The van der Waals surface area contributed by atoms with E-state index in [1.54, 1.807) is 0 Å². The van der Waals surface area contributed by atoms with Crippen LogP contribution in [0.3, 0.4) is 0 Å². The van der Waals surface area contributed by atoms with E-state index in [9.17, 15) is 4.79 Å². The molecule has 2 aromatic rings. The molecule has 0 heterocycles. The number of hydrogen-bond donors (Lipinski definition) is 2. The third-order valence-electron chi connectivity index (χ3n) is 2.73. The second-order valence-electron chi connectivity index (χ2n) is 4.35. The molecule has 20 heavy (non-hydrogen) atoms. The van der Waals surface area contributed by atoms with Gasteiger partial charge in [-0.3, -0.25) is 4.79 Å². The summed E-state index contributed by atoms with van der Waals surface area (Å²) in [6.07, 6.45) is 0.340. The van der Waals surface area contributed by atoms with Crippen LogP contribution in [0, 0.1) is 0 Å². The van der Waals surface area contributed by atoms with Gasteiger partial charge in [0.15, 0.2) is 0 Å². The van der Waals surface area contributed by atoms with E-state index in [-0.39, 0.29) is 5.91 Å². The van der Waals surface area contributed by atoms with Gasteiger partial charge in [-0.1, -0.05) is 18.2 Å². The lowest BCUT2D eigenvalue weighted by molar-refractivity contribution is -0.115. The van der Waals surface area contributed by atoms with E-state index in [1.807, 2.05) is 55.5 Å². The van der Waals surface area contributed by atoms with Crippen LogP contribution in [0.25, 0.3) is 0 Å². The number of thiol groups is 1. The van der Waals surface area contributed by atoms with E-state index in [1.165, 1.54) is 0 Å². The lowest BCUT2D eigenvalue weighted by Gasteiger charge is -2.08. The van der Waals surface area contributed by atoms with Crippen molar-refractivity contribution in [2.24, 2.45) is 0 Å². The molecule has 4 heteroatoms. The van der Waals surface area contributed by atoms with Crippen molar-refractivity contribution in [2.45, 2.75) is 18.2 Å². The normalized spacial score (nSPS) is 10.1. The molecule has 0 aromatic heterocycles. The van der Waals surface area contributed by atoms with Crippen molar-refractivity contribution >= 4 is 24.2 Å². The van der Waals surface area contributed by atoms with E-state index < -0.39 is 0 Å². The van der Waals surface area contributed by atoms with Crippen LogP contribution in [0.2, 0.25) is 0 Å². The van der Waals surface area contributed by atoms with Crippen LogP contribution in [0.15, 0.2) is 53.4 Å². The van der Waals surface area contributed by atoms with Gasteiger partial charge in [0, 0.05) is 16.6 Å². The second kappa shape index (κ2) is 7.01. The highest BCUT2D eigenvalue weighted by Gasteiger charge is 2.05. The Hall–Kier alpha value is -1.94. The minimum absolute atomic E-state index is 0.0504. The molecular weight excluding hydrogens is 270 g/mol. The number of carbonyl (C=O) groups is 1. The van der Waals surface area contributed by atoms with E-state index in [0.717, 1.165) is 21.9 Å². The standard InChI is InChI=1S/C16H17NO2S/c1-2-19-14-5-3-4-13(11-14)17-16(18)10-12-6-8-15(20)9-7-12/h3-9,11,20H,2,10H2,1H3,(H,17,18). The van der Waals surface area contributed by atoms with E-state index in [4.69, 9.17) is 4.74 Å². The third-order valence-corrected chi connectivity index (χ3v) is 3.03. The van der Waals surface area contributed by atoms with Crippen molar-refractivity contribution in [3.8, 4) is 5.75 Å². The van der Waals surface area contributed by atoms with Crippen molar-refractivity contribution in [3.05, 3.63) is 54.1 Å². The third kappa shape index (κ3) is 4.31. The van der Waals surface area contributed by atoms with Gasteiger partial charge in [-0.05, 0) is 36.8 Å². The highest BCUT2D eigenvalue weighted by atomic mass is 32.1. The van der Waals surface area contributed by atoms with Crippen LogP contribution >= 0.6 is 12.6 Å². The van der Waals surface area contributed by atoms with Crippen LogP contribution in [0.4, 0.5) is 5.69 Å². The van der Waals surface area contributed by atoms with Crippen LogP contribution in [-0.4, -0.2) is 12.5 Å². The molecule has 2 aromatic carbocycles. The van der Waals surface area contributed by atoms with E-state index >= 15 is 0 Å². The summed E-state index contributed by atoms with van der Waals surface area (Å²) >= 11 is 4.22. The minimum atomic E-state index is -0.0504. The topological polar surface area (TPSA) is 38.3 Å². The molecule has 0 fully saturated rings. The van der Waals surface area contributed by atoms with Crippen molar-refractivity contribution in [1.82, 2.24) is 0 Å². The Morgan fingerprint density at radius 1 is 1.20 bits per heavy atom. The molecule has 0 bridgehead atoms. The molecule has 0 unspecified atom stereocenters. The molecule has 0 aliphatic heterocycles. The monoisotopic (exact) mass is 287 g/mol. The largest absolute Gasteiger partial charge is 0.494 e. The molecule has 0 saturated heterocycles. The lowest BCUT2D eigenvalue weighted by Crippen LogP contribution is -2.14. The van der Waals surface area contributed by atoms with Crippen molar-refractivity contribution in [2.75, 3.05) is 11.9 Å². The summed E-state index contributed by atoms with van der Waals surface area (Å²) in [4.78, 5) is 12.9. The van der Waals surface area contributed by atoms with Crippen molar-refractivity contribution in [3.63, 3.8) is 0 Å². The molecule has 0 spiro atoms. The molecule has 1 N–H and O–H groups in total. The quantitative estimate of drug-likeness (QED) is 0.825. The summed E-state index contributed by atoms with van der Waals surface area (Å²) in [5, 5.41) is 2.87. The summed E-state index contributed by atoms with van der Waals surface area (Å²) in [5.74, 6) is 0.704. The van der Waals surface area contributed by atoms with Crippen molar-refractivity contribution in [1.29, 1.82) is 0 Å². The highest BCUT2D eigenvalue weighted by Crippen LogP contribution is 2.17. The van der Waals surface area contributed by atoms with Crippen LogP contribution < -0.4 is 10.1 Å². The molecule has 104 valence electrons. The fourth-order valence-electron chi connectivity index (χ4n) is 1.83. The summed E-state index contributed by atoms with van der Waals surface area (Å²) in [5.41, 5.74) is 1.70. The Morgan fingerprint density at radius 3 is 2.65 bits per heavy atom. The maximum atomic E-state index is 12.0. The summed E-state index contributed by atoms with van der Waals surface area (Å²) in [6, 6.07) is 14.9. The minimum Gasteiger partial charge on any atom is -0.494 e. The van der Waals surface area contributed by atoms with Gasteiger partial charge in [0.25, 0.3) is 0 Å². The Balaban J connectivity index is 1.97. The van der Waals surface area contributed by atoms with Crippen LogP contribution in [0.5, 0.6) is 5.75 Å². The van der Waals surface area contributed by atoms with E-state index in [2.05, 4.69) is 17.9 Å². The first-order chi connectivity index (χ1) is 9.67. The number of carbonyl (C=O) groups excluding carboxylic acids is 1. The van der Waals surface area contributed by atoms with Gasteiger partial charge in [-0.2, -0.15) is 0 Å². The molecule has 0 aliphatic carbocycles.